The van der Waals surface area contributed by atoms with Gasteiger partial charge < -0.3 is 10.2 Å². The first-order valence-electron chi connectivity index (χ1n) is 12.0. The SMILES string of the molecule is Cc1nn(-c2ccccc2)c2c1[C@@H](c1cccs1)N1C(=N2)C(Nc2ccc(Cl)c(Cl)c2)=Nc2ccccc21. The fourth-order valence-corrected chi connectivity index (χ4v) is 6.10. The highest BCUT2D eigenvalue weighted by Gasteiger charge is 2.41. The average molecular weight is 555 g/mol. The van der Waals surface area contributed by atoms with Gasteiger partial charge in [-0.2, -0.15) is 5.10 Å². The molecule has 0 saturated carbocycles. The van der Waals surface area contributed by atoms with Crippen molar-refractivity contribution in [2.75, 3.05) is 10.2 Å². The molecule has 4 heterocycles. The number of aliphatic imine (C=N–C) groups is 2. The molecule has 0 radical (unpaired) electrons. The quantitative estimate of drug-likeness (QED) is 0.244. The van der Waals surface area contributed by atoms with Crippen LogP contribution in [0.4, 0.5) is 22.9 Å². The van der Waals surface area contributed by atoms with E-state index in [0.717, 1.165) is 39.8 Å². The molecular formula is C29H20Cl2N6S. The number of hydrogen-bond donors (Lipinski definition) is 1. The van der Waals surface area contributed by atoms with Gasteiger partial charge in [-0.25, -0.2) is 14.7 Å². The minimum atomic E-state index is -0.128. The molecule has 2 aliphatic rings. The summed E-state index contributed by atoms with van der Waals surface area (Å²) in [6, 6.07) is 27.8. The summed E-state index contributed by atoms with van der Waals surface area (Å²) < 4.78 is 1.92. The van der Waals surface area contributed by atoms with E-state index in [0.29, 0.717) is 21.7 Å². The number of nitrogens with zero attached hydrogens (tertiary/aromatic N) is 5. The van der Waals surface area contributed by atoms with Crippen molar-refractivity contribution in [3.05, 3.63) is 116 Å². The van der Waals surface area contributed by atoms with Crippen LogP contribution in [0, 0.1) is 6.92 Å². The van der Waals surface area contributed by atoms with Crippen molar-refractivity contribution in [2.24, 2.45) is 9.98 Å². The lowest BCUT2D eigenvalue weighted by Gasteiger charge is -2.40. The normalized spacial score (nSPS) is 15.8. The predicted molar refractivity (Wildman–Crippen MR) is 158 cm³/mol. The number of rotatable bonds is 3. The maximum atomic E-state index is 6.34. The zero-order chi connectivity index (χ0) is 25.8. The molecule has 6 nitrogen and oxygen atoms in total. The molecule has 1 N–H and O–H groups in total. The maximum Gasteiger partial charge on any atom is 0.179 e. The Morgan fingerprint density at radius 1 is 0.868 bits per heavy atom. The lowest BCUT2D eigenvalue weighted by molar-refractivity contribution is 0.830. The van der Waals surface area contributed by atoms with Gasteiger partial charge in [-0.1, -0.05) is 59.6 Å². The molecule has 5 aromatic rings. The van der Waals surface area contributed by atoms with Crippen LogP contribution < -0.4 is 10.2 Å². The number of amidine groups is 2. The van der Waals surface area contributed by atoms with E-state index in [1.807, 2.05) is 59.3 Å². The second kappa shape index (κ2) is 9.13. The van der Waals surface area contributed by atoms with Crippen molar-refractivity contribution in [3.63, 3.8) is 0 Å². The Hall–Kier alpha value is -3.91. The number of aryl methyl sites for hydroxylation is 1. The Labute approximate surface area is 233 Å². The molecule has 186 valence electrons. The predicted octanol–water partition coefficient (Wildman–Crippen LogP) is 8.34. The van der Waals surface area contributed by atoms with E-state index < -0.39 is 0 Å². The molecular weight excluding hydrogens is 535 g/mol. The first kappa shape index (κ1) is 23.2. The van der Waals surface area contributed by atoms with Crippen molar-refractivity contribution in [2.45, 2.75) is 13.0 Å². The van der Waals surface area contributed by atoms with Gasteiger partial charge in [-0.05, 0) is 60.8 Å². The van der Waals surface area contributed by atoms with Crippen LogP contribution in [0.3, 0.4) is 0 Å². The van der Waals surface area contributed by atoms with Crippen LogP contribution in [-0.2, 0) is 0 Å². The summed E-state index contributed by atoms with van der Waals surface area (Å²) >= 11 is 14.2. The summed E-state index contributed by atoms with van der Waals surface area (Å²) in [5.74, 6) is 2.12. The Morgan fingerprint density at radius 2 is 1.68 bits per heavy atom. The largest absolute Gasteiger partial charge is 0.337 e. The molecule has 2 aliphatic heterocycles. The third-order valence-electron chi connectivity index (χ3n) is 6.63. The van der Waals surface area contributed by atoms with Crippen molar-refractivity contribution in [1.29, 1.82) is 0 Å². The van der Waals surface area contributed by atoms with Gasteiger partial charge in [0.05, 0.1) is 32.8 Å². The topological polar surface area (TPSA) is 57.8 Å². The molecule has 38 heavy (non-hydrogen) atoms. The number of thiophene rings is 1. The number of fused-ring (bicyclic) bond motifs is 4. The van der Waals surface area contributed by atoms with E-state index in [2.05, 4.69) is 40.7 Å². The first-order chi connectivity index (χ1) is 18.6. The second-order valence-corrected chi connectivity index (χ2v) is 10.8. The summed E-state index contributed by atoms with van der Waals surface area (Å²) in [5.41, 5.74) is 5.57. The zero-order valence-corrected chi connectivity index (χ0v) is 22.5. The Bertz CT molecular complexity index is 1740. The number of aromatic nitrogens is 2. The number of nitrogens with one attached hydrogen (secondary N) is 1. The molecule has 1 atom stereocenters. The molecule has 2 aromatic heterocycles. The Kier molecular flexibility index (Phi) is 5.58. The highest BCUT2D eigenvalue weighted by molar-refractivity contribution is 7.10. The number of benzene rings is 3. The summed E-state index contributed by atoms with van der Waals surface area (Å²) in [6.45, 7) is 2.05. The highest BCUT2D eigenvalue weighted by Crippen LogP contribution is 2.49. The van der Waals surface area contributed by atoms with Crippen molar-refractivity contribution in [1.82, 2.24) is 9.78 Å². The maximum absolute atomic E-state index is 6.34. The molecule has 9 heteroatoms. The van der Waals surface area contributed by atoms with Gasteiger partial charge in [0.2, 0.25) is 0 Å². The van der Waals surface area contributed by atoms with Crippen LogP contribution in [-0.4, -0.2) is 21.5 Å². The second-order valence-electron chi connectivity index (χ2n) is 9.00. The van der Waals surface area contributed by atoms with Crippen LogP contribution >= 0.6 is 34.5 Å². The summed E-state index contributed by atoms with van der Waals surface area (Å²) in [4.78, 5) is 13.7. The minimum absolute atomic E-state index is 0.128. The van der Waals surface area contributed by atoms with Gasteiger partial charge >= 0.3 is 0 Å². The molecule has 0 amide bonds. The third-order valence-corrected chi connectivity index (χ3v) is 8.30. The van der Waals surface area contributed by atoms with Crippen LogP contribution in [0.1, 0.15) is 22.2 Å². The van der Waals surface area contributed by atoms with Gasteiger partial charge in [-0.15, -0.1) is 11.3 Å². The van der Waals surface area contributed by atoms with Gasteiger partial charge in [0.25, 0.3) is 0 Å². The summed E-state index contributed by atoms with van der Waals surface area (Å²) in [5, 5.41) is 11.5. The molecule has 0 unspecified atom stereocenters. The fourth-order valence-electron chi connectivity index (χ4n) is 4.97. The molecule has 0 fully saturated rings. The summed E-state index contributed by atoms with van der Waals surface area (Å²) in [7, 11) is 0. The van der Waals surface area contributed by atoms with Crippen molar-refractivity contribution >= 4 is 69.1 Å². The van der Waals surface area contributed by atoms with Crippen LogP contribution in [0.2, 0.25) is 10.0 Å². The van der Waals surface area contributed by atoms with Crippen LogP contribution in [0.5, 0.6) is 0 Å². The Morgan fingerprint density at radius 3 is 2.47 bits per heavy atom. The smallest absolute Gasteiger partial charge is 0.179 e. The van der Waals surface area contributed by atoms with Gasteiger partial charge in [0, 0.05) is 16.1 Å². The Balaban J connectivity index is 1.48. The molecule has 0 aliphatic carbocycles. The van der Waals surface area contributed by atoms with E-state index in [-0.39, 0.29) is 6.04 Å². The number of halogens is 2. The van der Waals surface area contributed by atoms with E-state index in [9.17, 15) is 0 Å². The van der Waals surface area contributed by atoms with Gasteiger partial charge in [0.15, 0.2) is 17.5 Å². The number of anilines is 2. The zero-order valence-electron chi connectivity index (χ0n) is 20.1. The van der Waals surface area contributed by atoms with Crippen LogP contribution in [0.15, 0.2) is 100 Å². The number of hydrogen-bond acceptors (Lipinski definition) is 6. The third kappa shape index (κ3) is 3.74. The average Bonchev–Trinajstić information content (AvgIpc) is 3.59. The molecule has 0 bridgehead atoms. The van der Waals surface area contributed by atoms with Crippen LogP contribution in [0.25, 0.3) is 5.69 Å². The van der Waals surface area contributed by atoms with E-state index >= 15 is 0 Å². The highest BCUT2D eigenvalue weighted by atomic mass is 35.5. The van der Waals surface area contributed by atoms with Crippen molar-refractivity contribution in [3.8, 4) is 5.69 Å². The van der Waals surface area contributed by atoms with Gasteiger partial charge in [0.1, 0.15) is 6.04 Å². The van der Waals surface area contributed by atoms with E-state index in [1.165, 1.54) is 4.88 Å². The molecule has 0 saturated heterocycles. The van der Waals surface area contributed by atoms with E-state index in [4.69, 9.17) is 38.3 Å². The monoisotopic (exact) mass is 554 g/mol. The molecule has 3 aromatic carbocycles. The van der Waals surface area contributed by atoms with E-state index in [1.54, 1.807) is 23.5 Å². The lowest BCUT2D eigenvalue weighted by Crippen LogP contribution is -2.46. The lowest BCUT2D eigenvalue weighted by atomic mass is 9.98. The minimum Gasteiger partial charge on any atom is -0.337 e. The summed E-state index contributed by atoms with van der Waals surface area (Å²) in [6.07, 6.45) is 0. The fraction of sp³-hybridized carbons (Fsp3) is 0.0690. The van der Waals surface area contributed by atoms with Gasteiger partial charge in [-0.3, -0.25) is 0 Å². The van der Waals surface area contributed by atoms with Crippen molar-refractivity contribution < 1.29 is 0 Å². The molecule has 7 rings (SSSR count). The number of para-hydroxylation sites is 3. The standard InChI is InChI=1S/C29H20Cl2N6S/c1-17-25-26(24-12-7-15-38-24)36-23-11-6-5-10-22(23)33-27(32-18-13-14-20(30)21(31)16-18)29(36)34-28(25)37(35-17)19-8-3-2-4-9-19/h2-16,26H,1H3,(H,32,33)/t26-/m1/s1. The first-order valence-corrected chi connectivity index (χ1v) is 13.7. The molecule has 0 spiro atoms.